The molecule has 0 atom stereocenters. The number of hydrogen-bond donors (Lipinski definition) is 0. The predicted octanol–water partition coefficient (Wildman–Crippen LogP) is 0.693. The van der Waals surface area contributed by atoms with Gasteiger partial charge in [0.2, 0.25) is 0 Å². The van der Waals surface area contributed by atoms with Crippen LogP contribution in [0, 0.1) is 0 Å². The number of carboxylic acid groups (broad SMARTS) is 1. The summed E-state index contributed by atoms with van der Waals surface area (Å²) in [6.07, 6.45) is 0. The maximum atomic E-state index is 10.8. The Bertz CT molecular complexity index is 447. The molecule has 0 amide bonds. The van der Waals surface area contributed by atoms with Gasteiger partial charge in [0.25, 0.3) is 9.05 Å². The van der Waals surface area contributed by atoms with Crippen LogP contribution in [0.2, 0.25) is 4.34 Å². The Hall–Kier alpha value is -0.300. The quantitative estimate of drug-likeness (QED) is 0.733. The summed E-state index contributed by atoms with van der Waals surface area (Å²) < 4.78 is 21.6. The summed E-state index contributed by atoms with van der Waals surface area (Å²) in [5.74, 6) is -1.61. The number of carbonyl (C=O) groups excluding carboxylic acids is 1. The van der Waals surface area contributed by atoms with Crippen LogP contribution in [-0.4, -0.2) is 14.4 Å². The van der Waals surface area contributed by atoms with Gasteiger partial charge in [0.1, 0.15) is 4.90 Å². The molecular weight excluding hydrogens is 259 g/mol. The van der Waals surface area contributed by atoms with Gasteiger partial charge < -0.3 is 9.90 Å². The second-order valence-corrected chi connectivity index (χ2v) is 6.19. The summed E-state index contributed by atoms with van der Waals surface area (Å²) in [6, 6.07) is 0.972. The van der Waals surface area contributed by atoms with Crippen LogP contribution in [0.25, 0.3) is 0 Å². The first kappa shape index (κ1) is 10.8. The lowest BCUT2D eigenvalue weighted by Crippen LogP contribution is -2.22. The fraction of sp³-hybridized carbons (Fsp3) is 0. The van der Waals surface area contributed by atoms with E-state index in [1.54, 1.807) is 0 Å². The standard InChI is InChI=1S/C5H2Cl2O4S2/c6-3-1-2(13(7,10)11)4(12-3)5(8)9/h1H,(H,8,9)/p-1. The fourth-order valence-electron chi connectivity index (χ4n) is 0.669. The average molecular weight is 260 g/mol. The van der Waals surface area contributed by atoms with E-state index in [1.165, 1.54) is 0 Å². The molecule has 0 aromatic carbocycles. The monoisotopic (exact) mass is 259 g/mol. The molecule has 0 aliphatic rings. The summed E-state index contributed by atoms with van der Waals surface area (Å²) in [5.41, 5.74) is 0. The molecule has 1 aromatic heterocycles. The molecule has 4 nitrogen and oxygen atoms in total. The van der Waals surface area contributed by atoms with Gasteiger partial charge in [0.05, 0.1) is 15.2 Å². The molecule has 0 saturated heterocycles. The van der Waals surface area contributed by atoms with E-state index in [4.69, 9.17) is 22.3 Å². The summed E-state index contributed by atoms with van der Waals surface area (Å²) >= 11 is 6.01. The van der Waals surface area contributed by atoms with Crippen LogP contribution in [0.1, 0.15) is 9.67 Å². The third-order valence-electron chi connectivity index (χ3n) is 1.12. The summed E-state index contributed by atoms with van der Waals surface area (Å²) in [4.78, 5) is 9.39. The van der Waals surface area contributed by atoms with Gasteiger partial charge in [0, 0.05) is 10.7 Å². The topological polar surface area (TPSA) is 74.3 Å². The van der Waals surface area contributed by atoms with E-state index in [9.17, 15) is 18.3 Å². The molecule has 1 heterocycles. The van der Waals surface area contributed by atoms with Crippen molar-refractivity contribution in [2.45, 2.75) is 4.90 Å². The number of thiophene rings is 1. The van der Waals surface area contributed by atoms with Crippen LogP contribution < -0.4 is 5.11 Å². The summed E-state index contributed by atoms with van der Waals surface area (Å²) in [7, 11) is 0.870. The molecule has 0 aliphatic carbocycles. The van der Waals surface area contributed by atoms with Crippen molar-refractivity contribution < 1.29 is 18.3 Å². The van der Waals surface area contributed by atoms with Crippen molar-refractivity contribution in [2.75, 3.05) is 0 Å². The SMILES string of the molecule is O=C([O-])c1sc(Cl)cc1S(=O)(=O)Cl. The largest absolute Gasteiger partial charge is 0.544 e. The zero-order valence-electron chi connectivity index (χ0n) is 5.78. The van der Waals surface area contributed by atoms with Gasteiger partial charge in [-0.05, 0) is 6.07 Å². The van der Waals surface area contributed by atoms with Crippen LogP contribution in [0.15, 0.2) is 11.0 Å². The molecule has 0 bridgehead atoms. The lowest BCUT2D eigenvalue weighted by atomic mass is 10.5. The first-order valence-electron chi connectivity index (χ1n) is 2.77. The van der Waals surface area contributed by atoms with Gasteiger partial charge in [0.15, 0.2) is 0 Å². The Morgan fingerprint density at radius 1 is 1.54 bits per heavy atom. The number of carboxylic acids is 1. The van der Waals surface area contributed by atoms with Crippen molar-refractivity contribution in [3.8, 4) is 0 Å². The van der Waals surface area contributed by atoms with Gasteiger partial charge >= 0.3 is 0 Å². The summed E-state index contributed by atoms with van der Waals surface area (Å²) in [6.45, 7) is 0. The Kier molecular flexibility index (Phi) is 2.86. The highest BCUT2D eigenvalue weighted by Crippen LogP contribution is 2.31. The van der Waals surface area contributed by atoms with Crippen molar-refractivity contribution in [1.82, 2.24) is 0 Å². The molecule has 0 saturated carbocycles. The van der Waals surface area contributed by atoms with Gasteiger partial charge in [-0.25, -0.2) is 8.42 Å². The number of rotatable bonds is 2. The Morgan fingerprint density at radius 3 is 2.38 bits per heavy atom. The molecular formula is C5HCl2O4S2-. The summed E-state index contributed by atoms with van der Waals surface area (Å²) in [5, 5.41) is 10.4. The second-order valence-electron chi connectivity index (χ2n) is 1.97. The Morgan fingerprint density at radius 2 is 2.08 bits per heavy atom. The van der Waals surface area contributed by atoms with E-state index in [2.05, 4.69) is 0 Å². The lowest BCUT2D eigenvalue weighted by molar-refractivity contribution is -0.254. The molecule has 1 rings (SSSR count). The van der Waals surface area contributed by atoms with Gasteiger partial charge in [-0.15, -0.1) is 11.3 Å². The average Bonchev–Trinajstić information content (AvgIpc) is 2.29. The maximum Gasteiger partial charge on any atom is 0.262 e. The molecule has 0 aliphatic heterocycles. The van der Waals surface area contributed by atoms with Crippen LogP contribution in [0.3, 0.4) is 0 Å². The smallest absolute Gasteiger partial charge is 0.262 e. The third-order valence-corrected chi connectivity index (χ3v) is 3.84. The van der Waals surface area contributed by atoms with Crippen LogP contribution in [0.4, 0.5) is 0 Å². The van der Waals surface area contributed by atoms with Crippen molar-refractivity contribution in [3.63, 3.8) is 0 Å². The zero-order chi connectivity index (χ0) is 10.2. The van der Waals surface area contributed by atoms with Crippen LogP contribution in [0.5, 0.6) is 0 Å². The van der Waals surface area contributed by atoms with Gasteiger partial charge in [-0.2, -0.15) is 0 Å². The van der Waals surface area contributed by atoms with Crippen molar-refractivity contribution in [3.05, 3.63) is 15.3 Å². The minimum absolute atomic E-state index is 0.0263. The highest BCUT2D eigenvalue weighted by atomic mass is 35.7. The molecule has 72 valence electrons. The van der Waals surface area contributed by atoms with E-state index in [0.717, 1.165) is 6.07 Å². The normalized spacial score (nSPS) is 11.5. The molecule has 0 fully saturated rings. The Balaban J connectivity index is 3.46. The number of hydrogen-bond acceptors (Lipinski definition) is 5. The molecule has 0 radical (unpaired) electrons. The molecule has 0 N–H and O–H groups in total. The predicted molar refractivity (Wildman–Crippen MR) is 46.7 cm³/mol. The Labute approximate surface area is 87.1 Å². The first-order chi connectivity index (χ1) is 5.82. The minimum atomic E-state index is -4.08. The van der Waals surface area contributed by atoms with E-state index < -0.39 is 24.8 Å². The molecule has 8 heteroatoms. The number of aromatic carboxylic acids is 1. The van der Waals surface area contributed by atoms with Gasteiger partial charge in [-0.1, -0.05) is 11.6 Å². The highest BCUT2D eigenvalue weighted by Gasteiger charge is 2.19. The van der Waals surface area contributed by atoms with Crippen molar-refractivity contribution >= 4 is 48.6 Å². The molecule has 0 spiro atoms. The van der Waals surface area contributed by atoms with Gasteiger partial charge in [-0.3, -0.25) is 0 Å². The van der Waals surface area contributed by atoms with Crippen molar-refractivity contribution in [1.29, 1.82) is 0 Å². The minimum Gasteiger partial charge on any atom is -0.544 e. The fourth-order valence-corrected chi connectivity index (χ4v) is 3.28. The molecule has 13 heavy (non-hydrogen) atoms. The first-order valence-corrected chi connectivity index (χ1v) is 6.28. The van der Waals surface area contributed by atoms with E-state index in [-0.39, 0.29) is 4.34 Å². The van der Waals surface area contributed by atoms with E-state index in [0.29, 0.717) is 11.3 Å². The van der Waals surface area contributed by atoms with E-state index in [1.807, 2.05) is 0 Å². The van der Waals surface area contributed by atoms with Crippen LogP contribution in [-0.2, 0) is 9.05 Å². The van der Waals surface area contributed by atoms with E-state index >= 15 is 0 Å². The molecule has 0 unspecified atom stereocenters. The molecule has 1 aromatic rings. The van der Waals surface area contributed by atoms with Crippen LogP contribution >= 0.6 is 33.6 Å². The lowest BCUT2D eigenvalue weighted by Gasteiger charge is -1.99. The second kappa shape index (κ2) is 3.45. The number of halogens is 2. The highest BCUT2D eigenvalue weighted by molar-refractivity contribution is 8.13. The zero-order valence-corrected chi connectivity index (χ0v) is 8.93. The van der Waals surface area contributed by atoms with Crippen molar-refractivity contribution in [2.24, 2.45) is 0 Å². The maximum absolute atomic E-state index is 10.8. The number of carbonyl (C=O) groups is 1. The third kappa shape index (κ3) is 2.34.